The number of aromatic nitrogens is 2. The van der Waals surface area contributed by atoms with Gasteiger partial charge in [0, 0.05) is 32.3 Å². The Bertz CT molecular complexity index is 453. The van der Waals surface area contributed by atoms with Crippen LogP contribution in [0.25, 0.3) is 0 Å². The van der Waals surface area contributed by atoms with Crippen LogP contribution >= 0.6 is 0 Å². The van der Waals surface area contributed by atoms with Crippen molar-refractivity contribution in [2.75, 3.05) is 30.4 Å². The van der Waals surface area contributed by atoms with Gasteiger partial charge in [-0.15, -0.1) is 0 Å². The molecule has 1 aromatic heterocycles. The van der Waals surface area contributed by atoms with Gasteiger partial charge in [-0.05, 0) is 25.3 Å². The van der Waals surface area contributed by atoms with Crippen LogP contribution in [-0.4, -0.2) is 40.8 Å². The zero-order valence-electron chi connectivity index (χ0n) is 11.5. The highest BCUT2D eigenvalue weighted by molar-refractivity contribution is 5.43. The summed E-state index contributed by atoms with van der Waals surface area (Å²) in [5, 5.41) is 13.7. The predicted molar refractivity (Wildman–Crippen MR) is 75.3 cm³/mol. The predicted octanol–water partition coefficient (Wildman–Crippen LogP) is 1.65. The van der Waals surface area contributed by atoms with E-state index in [0.717, 1.165) is 38.2 Å². The van der Waals surface area contributed by atoms with Crippen LogP contribution in [0.15, 0.2) is 12.3 Å². The average molecular weight is 262 g/mol. The third-order valence-electron chi connectivity index (χ3n) is 4.62. The van der Waals surface area contributed by atoms with Gasteiger partial charge < -0.3 is 15.3 Å². The maximum absolute atomic E-state index is 10.7. The van der Waals surface area contributed by atoms with Gasteiger partial charge in [0.2, 0.25) is 5.95 Å². The first kappa shape index (κ1) is 12.7. The fourth-order valence-electron chi connectivity index (χ4n) is 3.42. The van der Waals surface area contributed by atoms with Gasteiger partial charge in [0.25, 0.3) is 0 Å². The second kappa shape index (κ2) is 4.96. The molecule has 0 amide bonds. The van der Waals surface area contributed by atoms with E-state index >= 15 is 0 Å². The van der Waals surface area contributed by atoms with Crippen LogP contribution in [0.4, 0.5) is 11.8 Å². The van der Waals surface area contributed by atoms with Crippen LogP contribution in [-0.2, 0) is 0 Å². The molecule has 2 heterocycles. The van der Waals surface area contributed by atoms with Crippen LogP contribution in [0.3, 0.4) is 0 Å². The van der Waals surface area contributed by atoms with E-state index in [-0.39, 0.29) is 0 Å². The molecule has 2 fully saturated rings. The van der Waals surface area contributed by atoms with Crippen LogP contribution in [0.5, 0.6) is 0 Å². The average Bonchev–Trinajstić information content (AvgIpc) is 2.46. The maximum atomic E-state index is 10.7. The van der Waals surface area contributed by atoms with E-state index in [0.29, 0.717) is 11.9 Å². The SMILES string of the molecule is CNc1nccc(N2CCC3(O)CCCCC3C2)n1. The number of hydrogen-bond acceptors (Lipinski definition) is 5. The Morgan fingerprint density at radius 1 is 1.42 bits per heavy atom. The zero-order valence-corrected chi connectivity index (χ0v) is 11.5. The van der Waals surface area contributed by atoms with Gasteiger partial charge in [-0.3, -0.25) is 0 Å². The van der Waals surface area contributed by atoms with Crippen molar-refractivity contribution >= 4 is 11.8 Å². The lowest BCUT2D eigenvalue weighted by molar-refractivity contribution is -0.0613. The third kappa shape index (κ3) is 2.39. The highest BCUT2D eigenvalue weighted by Crippen LogP contribution is 2.40. The monoisotopic (exact) mass is 262 g/mol. The number of aliphatic hydroxyl groups is 1. The molecule has 1 saturated heterocycles. The quantitative estimate of drug-likeness (QED) is 0.848. The van der Waals surface area contributed by atoms with Crippen molar-refractivity contribution < 1.29 is 5.11 Å². The molecule has 5 nitrogen and oxygen atoms in total. The van der Waals surface area contributed by atoms with E-state index in [2.05, 4.69) is 20.2 Å². The highest BCUT2D eigenvalue weighted by Gasteiger charge is 2.42. The van der Waals surface area contributed by atoms with Gasteiger partial charge in [-0.1, -0.05) is 12.8 Å². The van der Waals surface area contributed by atoms with Gasteiger partial charge >= 0.3 is 0 Å². The molecule has 1 saturated carbocycles. The van der Waals surface area contributed by atoms with E-state index in [1.807, 2.05) is 13.1 Å². The van der Waals surface area contributed by atoms with Gasteiger partial charge in [0.05, 0.1) is 5.60 Å². The Balaban J connectivity index is 1.76. The molecule has 1 aliphatic heterocycles. The van der Waals surface area contributed by atoms with Crippen molar-refractivity contribution in [3.05, 3.63) is 12.3 Å². The first-order chi connectivity index (χ1) is 9.21. The number of anilines is 2. The summed E-state index contributed by atoms with van der Waals surface area (Å²) in [6.45, 7) is 1.80. The summed E-state index contributed by atoms with van der Waals surface area (Å²) in [5.74, 6) is 2.01. The molecule has 0 spiro atoms. The number of piperidine rings is 1. The molecule has 2 atom stereocenters. The Morgan fingerprint density at radius 2 is 2.32 bits per heavy atom. The summed E-state index contributed by atoms with van der Waals surface area (Å²) >= 11 is 0. The number of rotatable bonds is 2. The molecular weight excluding hydrogens is 240 g/mol. The summed E-state index contributed by atoms with van der Waals surface area (Å²) in [5.41, 5.74) is -0.423. The van der Waals surface area contributed by atoms with Crippen LogP contribution in [0.2, 0.25) is 0 Å². The molecule has 104 valence electrons. The molecule has 0 radical (unpaired) electrons. The fourth-order valence-corrected chi connectivity index (χ4v) is 3.42. The summed E-state index contributed by atoms with van der Waals surface area (Å²) in [7, 11) is 1.83. The van der Waals surface area contributed by atoms with Crippen LogP contribution in [0, 0.1) is 5.92 Å². The lowest BCUT2D eigenvalue weighted by Crippen LogP contribution is -2.53. The smallest absolute Gasteiger partial charge is 0.224 e. The van der Waals surface area contributed by atoms with E-state index in [1.54, 1.807) is 6.20 Å². The second-order valence-corrected chi connectivity index (χ2v) is 5.73. The fraction of sp³-hybridized carbons (Fsp3) is 0.714. The van der Waals surface area contributed by atoms with Crippen molar-refractivity contribution in [1.82, 2.24) is 9.97 Å². The normalized spacial score (nSPS) is 30.8. The molecule has 2 aliphatic rings. The lowest BCUT2D eigenvalue weighted by Gasteiger charge is -2.47. The van der Waals surface area contributed by atoms with E-state index in [4.69, 9.17) is 0 Å². The number of nitrogens with one attached hydrogen (secondary N) is 1. The molecule has 3 rings (SSSR count). The van der Waals surface area contributed by atoms with Crippen molar-refractivity contribution in [2.45, 2.75) is 37.7 Å². The lowest BCUT2D eigenvalue weighted by atomic mass is 9.71. The Morgan fingerprint density at radius 3 is 3.16 bits per heavy atom. The van der Waals surface area contributed by atoms with Crippen molar-refractivity contribution in [3.8, 4) is 0 Å². The molecule has 19 heavy (non-hydrogen) atoms. The van der Waals surface area contributed by atoms with Crippen molar-refractivity contribution in [3.63, 3.8) is 0 Å². The molecule has 0 bridgehead atoms. The van der Waals surface area contributed by atoms with Crippen molar-refractivity contribution in [1.29, 1.82) is 0 Å². The van der Waals surface area contributed by atoms with Gasteiger partial charge in [0.15, 0.2) is 0 Å². The topological polar surface area (TPSA) is 61.3 Å². The minimum Gasteiger partial charge on any atom is -0.389 e. The molecule has 0 aromatic carbocycles. The largest absolute Gasteiger partial charge is 0.389 e. The van der Waals surface area contributed by atoms with E-state index in [1.165, 1.54) is 12.8 Å². The Kier molecular flexibility index (Phi) is 3.31. The second-order valence-electron chi connectivity index (χ2n) is 5.73. The van der Waals surface area contributed by atoms with Gasteiger partial charge in [0.1, 0.15) is 5.82 Å². The van der Waals surface area contributed by atoms with Crippen LogP contribution in [0.1, 0.15) is 32.1 Å². The molecule has 1 aliphatic carbocycles. The standard InChI is InChI=1S/C14H22N4O/c1-15-13-16-8-5-12(17-13)18-9-7-14(19)6-3-2-4-11(14)10-18/h5,8,11,19H,2-4,6-7,9-10H2,1H3,(H,15,16,17). The van der Waals surface area contributed by atoms with Crippen molar-refractivity contribution in [2.24, 2.45) is 5.92 Å². The maximum Gasteiger partial charge on any atom is 0.224 e. The first-order valence-corrected chi connectivity index (χ1v) is 7.19. The number of nitrogens with zero attached hydrogens (tertiary/aromatic N) is 3. The molecule has 2 N–H and O–H groups in total. The number of fused-ring (bicyclic) bond motifs is 1. The minimum absolute atomic E-state index is 0.392. The summed E-state index contributed by atoms with van der Waals surface area (Å²) in [6.07, 6.45) is 7.16. The van der Waals surface area contributed by atoms with Gasteiger partial charge in [-0.2, -0.15) is 4.98 Å². The van der Waals surface area contributed by atoms with E-state index in [9.17, 15) is 5.11 Å². The molecular formula is C14H22N4O. The summed E-state index contributed by atoms with van der Waals surface area (Å²) in [4.78, 5) is 10.9. The van der Waals surface area contributed by atoms with Crippen LogP contribution < -0.4 is 10.2 Å². The zero-order chi connectivity index (χ0) is 13.3. The minimum atomic E-state index is -0.423. The highest BCUT2D eigenvalue weighted by atomic mass is 16.3. The number of hydrogen-bond donors (Lipinski definition) is 2. The summed E-state index contributed by atoms with van der Waals surface area (Å²) < 4.78 is 0. The van der Waals surface area contributed by atoms with E-state index < -0.39 is 5.60 Å². The Labute approximate surface area is 114 Å². The molecule has 2 unspecified atom stereocenters. The van der Waals surface area contributed by atoms with Gasteiger partial charge in [-0.25, -0.2) is 4.98 Å². The first-order valence-electron chi connectivity index (χ1n) is 7.19. The molecule has 5 heteroatoms. The molecule has 1 aromatic rings. The summed E-state index contributed by atoms with van der Waals surface area (Å²) in [6, 6.07) is 1.95. The Hall–Kier alpha value is -1.36. The third-order valence-corrected chi connectivity index (χ3v) is 4.62.